The lowest BCUT2D eigenvalue weighted by atomic mass is 10.0. The highest BCUT2D eigenvalue weighted by molar-refractivity contribution is 5.63. The smallest absolute Gasteiger partial charge is 0.119 e. The molecular weight excluding hydrogens is 496 g/mol. The Morgan fingerprint density at radius 1 is 0.525 bits per heavy atom. The summed E-state index contributed by atoms with van der Waals surface area (Å²) >= 11 is 0. The summed E-state index contributed by atoms with van der Waals surface area (Å²) in [5.74, 6) is 1.84. The molecule has 6 rings (SSSR count). The van der Waals surface area contributed by atoms with Crippen LogP contribution in [0.1, 0.15) is 38.8 Å². The summed E-state index contributed by atoms with van der Waals surface area (Å²) in [7, 11) is 0. The molecule has 0 radical (unpaired) electrons. The molecule has 4 nitrogen and oxygen atoms in total. The summed E-state index contributed by atoms with van der Waals surface area (Å²) < 4.78 is 20.8. The van der Waals surface area contributed by atoms with Crippen molar-refractivity contribution < 1.29 is 18.9 Å². The van der Waals surface area contributed by atoms with Crippen molar-refractivity contribution in [3.63, 3.8) is 0 Å². The first-order chi connectivity index (χ1) is 19.7. The molecule has 2 aliphatic heterocycles. The first-order valence-corrected chi connectivity index (χ1v) is 14.5. The first kappa shape index (κ1) is 30.9. The van der Waals surface area contributed by atoms with Crippen LogP contribution in [0.25, 0.3) is 11.1 Å². The van der Waals surface area contributed by atoms with Gasteiger partial charge in [0.2, 0.25) is 0 Å². The standard InChI is InChI=1S/C16H18.2C9H10O2.C2H6/c1-3-13-5-9-15(10-6-13)16-11-7-14(4-2)8-12-16;2*1-2-4-8(5-3-1)10-6-9-7-11-9;1-2/h5-12H,3-4H2,1-2H3;2*1-5,9H,6-7H2;1-2H3. The number of epoxide rings is 2. The normalized spacial score (nSPS) is 16.0. The van der Waals surface area contributed by atoms with Crippen LogP contribution < -0.4 is 9.47 Å². The summed E-state index contributed by atoms with van der Waals surface area (Å²) in [6, 6.07) is 37.3. The van der Waals surface area contributed by atoms with Gasteiger partial charge in [0.25, 0.3) is 0 Å². The van der Waals surface area contributed by atoms with Crippen molar-refractivity contribution in [1.29, 1.82) is 0 Å². The molecule has 0 aromatic heterocycles. The molecule has 0 amide bonds. The highest BCUT2D eigenvalue weighted by atomic mass is 16.6. The first-order valence-electron chi connectivity index (χ1n) is 14.5. The van der Waals surface area contributed by atoms with E-state index in [0.717, 1.165) is 37.6 Å². The zero-order chi connectivity index (χ0) is 28.4. The van der Waals surface area contributed by atoms with Crippen LogP contribution in [0, 0.1) is 0 Å². The van der Waals surface area contributed by atoms with Gasteiger partial charge >= 0.3 is 0 Å². The van der Waals surface area contributed by atoms with Crippen LogP contribution >= 0.6 is 0 Å². The average Bonchev–Trinajstić information content (AvgIpc) is 3.98. The van der Waals surface area contributed by atoms with Gasteiger partial charge in [-0.3, -0.25) is 0 Å². The lowest BCUT2D eigenvalue weighted by Crippen LogP contribution is -2.03. The number of hydrogen-bond acceptors (Lipinski definition) is 4. The average molecular weight is 541 g/mol. The molecule has 4 heteroatoms. The van der Waals surface area contributed by atoms with Crippen LogP contribution in [0.2, 0.25) is 0 Å². The lowest BCUT2D eigenvalue weighted by molar-refractivity contribution is 0.263. The molecule has 0 aliphatic carbocycles. The van der Waals surface area contributed by atoms with E-state index in [-0.39, 0.29) is 0 Å². The third-order valence-corrected chi connectivity index (χ3v) is 6.22. The van der Waals surface area contributed by atoms with Crippen molar-refractivity contribution in [2.45, 2.75) is 52.7 Å². The van der Waals surface area contributed by atoms with E-state index in [1.165, 1.54) is 22.3 Å². The van der Waals surface area contributed by atoms with Gasteiger partial charge in [-0.1, -0.05) is 113 Å². The van der Waals surface area contributed by atoms with Gasteiger partial charge in [0.15, 0.2) is 0 Å². The Morgan fingerprint density at radius 2 is 0.850 bits per heavy atom. The van der Waals surface area contributed by atoms with E-state index in [1.807, 2.05) is 74.5 Å². The molecule has 0 saturated carbocycles. The molecule has 0 N–H and O–H groups in total. The summed E-state index contributed by atoms with van der Waals surface area (Å²) in [5, 5.41) is 0. The Morgan fingerprint density at radius 3 is 1.12 bits per heavy atom. The minimum atomic E-state index is 0.343. The topological polar surface area (TPSA) is 43.5 Å². The molecule has 4 aromatic carbocycles. The summed E-state index contributed by atoms with van der Waals surface area (Å²) in [6.45, 7) is 11.4. The van der Waals surface area contributed by atoms with E-state index in [0.29, 0.717) is 25.4 Å². The summed E-state index contributed by atoms with van der Waals surface area (Å²) in [6.07, 6.45) is 2.90. The second kappa shape index (κ2) is 17.9. The molecule has 2 unspecified atom stereocenters. The number of ether oxygens (including phenoxy) is 4. The summed E-state index contributed by atoms with van der Waals surface area (Å²) in [5.41, 5.74) is 5.41. The molecule has 2 fully saturated rings. The maximum atomic E-state index is 5.40. The van der Waals surface area contributed by atoms with E-state index >= 15 is 0 Å². The monoisotopic (exact) mass is 540 g/mol. The molecule has 2 atom stereocenters. The van der Waals surface area contributed by atoms with E-state index in [1.54, 1.807) is 0 Å². The summed E-state index contributed by atoms with van der Waals surface area (Å²) in [4.78, 5) is 0. The highest BCUT2D eigenvalue weighted by Gasteiger charge is 2.23. The Balaban J connectivity index is 0.000000164. The fourth-order valence-corrected chi connectivity index (χ4v) is 3.61. The molecular formula is C36H44O4. The minimum Gasteiger partial charge on any atom is -0.491 e. The number of aryl methyl sites for hydroxylation is 2. The molecule has 2 heterocycles. The molecule has 0 bridgehead atoms. The molecule has 0 spiro atoms. The Labute approximate surface area is 240 Å². The Kier molecular flexibility index (Phi) is 13.8. The molecule has 212 valence electrons. The van der Waals surface area contributed by atoms with Crippen molar-refractivity contribution in [2.24, 2.45) is 0 Å². The zero-order valence-electron chi connectivity index (χ0n) is 24.4. The Hall–Kier alpha value is -3.60. The van der Waals surface area contributed by atoms with Crippen LogP contribution in [0.15, 0.2) is 109 Å². The third-order valence-electron chi connectivity index (χ3n) is 6.22. The van der Waals surface area contributed by atoms with Gasteiger partial charge in [-0.25, -0.2) is 0 Å². The number of hydrogen-bond donors (Lipinski definition) is 0. The minimum absolute atomic E-state index is 0.343. The second-order valence-electron chi connectivity index (χ2n) is 9.26. The predicted molar refractivity (Wildman–Crippen MR) is 165 cm³/mol. The van der Waals surface area contributed by atoms with E-state index in [4.69, 9.17) is 18.9 Å². The zero-order valence-corrected chi connectivity index (χ0v) is 24.4. The van der Waals surface area contributed by atoms with Gasteiger partial charge in [-0.15, -0.1) is 0 Å². The van der Waals surface area contributed by atoms with Crippen LogP contribution in [0.3, 0.4) is 0 Å². The van der Waals surface area contributed by atoms with Crippen molar-refractivity contribution in [1.82, 2.24) is 0 Å². The maximum absolute atomic E-state index is 5.40. The van der Waals surface area contributed by atoms with Gasteiger partial charge in [0.1, 0.15) is 36.9 Å². The number of rotatable bonds is 9. The molecule has 2 aliphatic rings. The molecule has 2 saturated heterocycles. The largest absolute Gasteiger partial charge is 0.491 e. The molecule has 40 heavy (non-hydrogen) atoms. The second-order valence-corrected chi connectivity index (χ2v) is 9.26. The SMILES string of the molecule is CC.CCc1ccc(-c2ccc(CC)cc2)cc1.c1ccc(OCC2CO2)cc1.c1ccc(OCC2CO2)cc1. The molecule has 4 aromatic rings. The lowest BCUT2D eigenvalue weighted by Gasteiger charge is -2.04. The van der Waals surface area contributed by atoms with E-state index < -0.39 is 0 Å². The number of benzene rings is 4. The van der Waals surface area contributed by atoms with Crippen molar-refractivity contribution in [3.05, 3.63) is 120 Å². The van der Waals surface area contributed by atoms with Gasteiger partial charge in [-0.05, 0) is 59.4 Å². The predicted octanol–water partition coefficient (Wildman–Crippen LogP) is 8.43. The quantitative estimate of drug-likeness (QED) is 0.200. The van der Waals surface area contributed by atoms with Gasteiger partial charge in [-0.2, -0.15) is 0 Å². The van der Waals surface area contributed by atoms with Crippen LogP contribution in [-0.4, -0.2) is 38.6 Å². The van der Waals surface area contributed by atoms with Crippen molar-refractivity contribution >= 4 is 0 Å². The van der Waals surface area contributed by atoms with Gasteiger partial charge in [0, 0.05) is 0 Å². The Bertz CT molecular complexity index is 1070. The van der Waals surface area contributed by atoms with Crippen LogP contribution in [-0.2, 0) is 22.3 Å². The van der Waals surface area contributed by atoms with E-state index in [9.17, 15) is 0 Å². The highest BCUT2D eigenvalue weighted by Crippen LogP contribution is 2.21. The van der Waals surface area contributed by atoms with Crippen LogP contribution in [0.5, 0.6) is 11.5 Å². The fraction of sp³-hybridized carbons (Fsp3) is 0.333. The third kappa shape index (κ3) is 12.1. The van der Waals surface area contributed by atoms with Gasteiger partial charge < -0.3 is 18.9 Å². The van der Waals surface area contributed by atoms with E-state index in [2.05, 4.69) is 62.4 Å². The van der Waals surface area contributed by atoms with Gasteiger partial charge in [0.05, 0.1) is 13.2 Å². The number of para-hydroxylation sites is 2. The maximum Gasteiger partial charge on any atom is 0.119 e. The van der Waals surface area contributed by atoms with Crippen molar-refractivity contribution in [2.75, 3.05) is 26.4 Å². The van der Waals surface area contributed by atoms with Crippen LogP contribution in [0.4, 0.5) is 0 Å². The fourth-order valence-electron chi connectivity index (χ4n) is 3.61. The van der Waals surface area contributed by atoms with Crippen molar-refractivity contribution in [3.8, 4) is 22.6 Å².